The molecule has 0 aromatic carbocycles. The van der Waals surface area contributed by atoms with Crippen molar-refractivity contribution in [1.82, 2.24) is 20.4 Å². The van der Waals surface area contributed by atoms with Gasteiger partial charge in [-0.15, -0.1) is 29.9 Å². The SMILES string of the molecule is CNCc1nnc(NCC2(N(C)C)CCCCC2)o1.Cl.Cl. The first-order chi connectivity index (χ1) is 9.16. The highest BCUT2D eigenvalue weighted by atomic mass is 35.5. The molecule has 8 heteroatoms. The summed E-state index contributed by atoms with van der Waals surface area (Å²) in [7, 11) is 6.18. The number of rotatable bonds is 6. The fourth-order valence-corrected chi connectivity index (χ4v) is 2.78. The molecule has 6 nitrogen and oxygen atoms in total. The van der Waals surface area contributed by atoms with Gasteiger partial charge in [-0.05, 0) is 34.0 Å². The minimum absolute atomic E-state index is 0. The molecule has 1 fully saturated rings. The summed E-state index contributed by atoms with van der Waals surface area (Å²) in [5.74, 6) is 0.618. The standard InChI is InChI=1S/C13H25N5O.2ClH/c1-14-9-11-16-17-12(19-11)15-10-13(18(2)3)7-5-4-6-8-13;;/h14H,4-10H2,1-3H3,(H,15,17);2*1H. The van der Waals surface area contributed by atoms with Gasteiger partial charge < -0.3 is 20.0 Å². The number of aromatic nitrogens is 2. The maximum Gasteiger partial charge on any atom is 0.315 e. The number of likely N-dealkylation sites (N-methyl/N-ethyl adjacent to an activating group) is 1. The topological polar surface area (TPSA) is 66.2 Å². The first-order valence-electron chi connectivity index (χ1n) is 7.04. The summed E-state index contributed by atoms with van der Waals surface area (Å²) in [5, 5.41) is 14.3. The van der Waals surface area contributed by atoms with Crippen molar-refractivity contribution in [2.45, 2.75) is 44.2 Å². The van der Waals surface area contributed by atoms with E-state index in [1.54, 1.807) is 0 Å². The van der Waals surface area contributed by atoms with Crippen LogP contribution in [0.3, 0.4) is 0 Å². The fraction of sp³-hybridized carbons (Fsp3) is 0.846. The lowest BCUT2D eigenvalue weighted by Gasteiger charge is -2.43. The molecule has 1 aliphatic carbocycles. The Morgan fingerprint density at radius 3 is 2.38 bits per heavy atom. The molecule has 0 spiro atoms. The lowest BCUT2D eigenvalue weighted by Crippen LogP contribution is -2.51. The van der Waals surface area contributed by atoms with Crippen LogP contribution in [0.4, 0.5) is 6.01 Å². The lowest BCUT2D eigenvalue weighted by atomic mass is 9.80. The monoisotopic (exact) mass is 339 g/mol. The molecular formula is C13H27Cl2N5O. The van der Waals surface area contributed by atoms with E-state index in [1.165, 1.54) is 32.1 Å². The Balaban J connectivity index is 0.00000200. The lowest BCUT2D eigenvalue weighted by molar-refractivity contribution is 0.113. The number of anilines is 1. The van der Waals surface area contributed by atoms with Gasteiger partial charge in [-0.25, -0.2) is 0 Å². The van der Waals surface area contributed by atoms with Gasteiger partial charge in [-0.3, -0.25) is 0 Å². The van der Waals surface area contributed by atoms with Crippen LogP contribution >= 0.6 is 24.8 Å². The fourth-order valence-electron chi connectivity index (χ4n) is 2.78. The van der Waals surface area contributed by atoms with E-state index < -0.39 is 0 Å². The summed E-state index contributed by atoms with van der Waals surface area (Å²) >= 11 is 0. The Morgan fingerprint density at radius 1 is 1.14 bits per heavy atom. The van der Waals surface area contributed by atoms with Crippen LogP contribution in [0, 0.1) is 0 Å². The minimum atomic E-state index is 0. The quantitative estimate of drug-likeness (QED) is 0.828. The number of nitrogens with one attached hydrogen (secondary N) is 2. The van der Waals surface area contributed by atoms with E-state index in [0.29, 0.717) is 18.5 Å². The largest absolute Gasteiger partial charge is 0.407 e. The molecule has 2 rings (SSSR count). The van der Waals surface area contributed by atoms with Crippen molar-refractivity contribution in [3.05, 3.63) is 5.89 Å². The Morgan fingerprint density at radius 2 is 1.81 bits per heavy atom. The Kier molecular flexibility index (Phi) is 9.20. The number of halogens is 2. The van der Waals surface area contributed by atoms with Crippen LogP contribution in [-0.2, 0) is 6.54 Å². The van der Waals surface area contributed by atoms with Crippen LogP contribution in [0.25, 0.3) is 0 Å². The summed E-state index contributed by atoms with van der Waals surface area (Å²) in [5.41, 5.74) is 0.218. The van der Waals surface area contributed by atoms with Crippen LogP contribution in [0.15, 0.2) is 4.42 Å². The van der Waals surface area contributed by atoms with E-state index in [-0.39, 0.29) is 30.4 Å². The number of hydrogen-bond donors (Lipinski definition) is 2. The molecule has 0 aliphatic heterocycles. The van der Waals surface area contributed by atoms with Gasteiger partial charge in [0, 0.05) is 12.1 Å². The second-order valence-corrected chi connectivity index (χ2v) is 5.56. The summed E-state index contributed by atoms with van der Waals surface area (Å²) in [6.07, 6.45) is 6.40. The molecule has 1 aliphatic rings. The highest BCUT2D eigenvalue weighted by molar-refractivity contribution is 5.85. The predicted octanol–water partition coefficient (Wildman–Crippen LogP) is 2.31. The van der Waals surface area contributed by atoms with E-state index >= 15 is 0 Å². The molecule has 0 amide bonds. The van der Waals surface area contributed by atoms with Crippen molar-refractivity contribution in [2.75, 3.05) is 33.0 Å². The molecule has 1 aromatic rings. The van der Waals surface area contributed by atoms with Gasteiger partial charge in [0.05, 0.1) is 6.54 Å². The van der Waals surface area contributed by atoms with Crippen molar-refractivity contribution in [1.29, 1.82) is 0 Å². The van der Waals surface area contributed by atoms with E-state index in [2.05, 4.69) is 39.8 Å². The normalized spacial score (nSPS) is 17.0. The van der Waals surface area contributed by atoms with Crippen molar-refractivity contribution >= 4 is 30.8 Å². The van der Waals surface area contributed by atoms with Crippen molar-refractivity contribution < 1.29 is 4.42 Å². The molecule has 0 bridgehead atoms. The molecule has 2 N–H and O–H groups in total. The highest BCUT2D eigenvalue weighted by Gasteiger charge is 2.34. The molecule has 1 heterocycles. The van der Waals surface area contributed by atoms with Gasteiger partial charge in [0.2, 0.25) is 5.89 Å². The first kappa shape index (κ1) is 20.4. The predicted molar refractivity (Wildman–Crippen MR) is 89.6 cm³/mol. The van der Waals surface area contributed by atoms with Crippen LogP contribution < -0.4 is 10.6 Å². The summed E-state index contributed by atoms with van der Waals surface area (Å²) in [6, 6.07) is 0.525. The second-order valence-electron chi connectivity index (χ2n) is 5.56. The summed E-state index contributed by atoms with van der Waals surface area (Å²) < 4.78 is 5.53. The molecule has 1 saturated carbocycles. The molecule has 1 aromatic heterocycles. The van der Waals surface area contributed by atoms with Gasteiger partial charge in [0.1, 0.15) is 0 Å². The molecule has 0 unspecified atom stereocenters. The Hall–Kier alpha value is -0.560. The molecule has 0 atom stereocenters. The summed E-state index contributed by atoms with van der Waals surface area (Å²) in [6.45, 7) is 1.47. The van der Waals surface area contributed by atoms with Gasteiger partial charge in [0.15, 0.2) is 0 Å². The zero-order chi connectivity index (χ0) is 13.7. The maximum absolute atomic E-state index is 5.53. The number of nitrogens with zero attached hydrogens (tertiary/aromatic N) is 3. The Labute approximate surface area is 139 Å². The summed E-state index contributed by atoms with van der Waals surface area (Å²) in [4.78, 5) is 2.34. The minimum Gasteiger partial charge on any atom is -0.407 e. The van der Waals surface area contributed by atoms with Crippen LogP contribution in [-0.4, -0.2) is 48.3 Å². The molecular weight excluding hydrogens is 313 g/mol. The van der Waals surface area contributed by atoms with E-state index in [9.17, 15) is 0 Å². The second kappa shape index (κ2) is 9.46. The third-order valence-electron chi connectivity index (χ3n) is 4.10. The maximum atomic E-state index is 5.53. The van der Waals surface area contributed by atoms with E-state index in [4.69, 9.17) is 4.42 Å². The Bertz CT molecular complexity index is 394. The molecule has 124 valence electrons. The van der Waals surface area contributed by atoms with Gasteiger partial charge >= 0.3 is 6.01 Å². The zero-order valence-electron chi connectivity index (χ0n) is 13.0. The first-order valence-corrected chi connectivity index (χ1v) is 7.04. The highest BCUT2D eigenvalue weighted by Crippen LogP contribution is 2.32. The van der Waals surface area contributed by atoms with Crippen molar-refractivity contribution in [3.8, 4) is 0 Å². The molecule has 21 heavy (non-hydrogen) atoms. The van der Waals surface area contributed by atoms with Crippen LogP contribution in [0.2, 0.25) is 0 Å². The van der Waals surface area contributed by atoms with Crippen LogP contribution in [0.1, 0.15) is 38.0 Å². The van der Waals surface area contributed by atoms with Crippen molar-refractivity contribution in [2.24, 2.45) is 0 Å². The molecule has 0 saturated heterocycles. The third kappa shape index (κ3) is 5.29. The van der Waals surface area contributed by atoms with Gasteiger partial charge in [-0.1, -0.05) is 24.4 Å². The average Bonchev–Trinajstić information content (AvgIpc) is 2.86. The average molecular weight is 340 g/mol. The van der Waals surface area contributed by atoms with Crippen molar-refractivity contribution in [3.63, 3.8) is 0 Å². The van der Waals surface area contributed by atoms with E-state index in [1.807, 2.05) is 7.05 Å². The van der Waals surface area contributed by atoms with Crippen LogP contribution in [0.5, 0.6) is 0 Å². The molecule has 0 radical (unpaired) electrons. The van der Waals surface area contributed by atoms with Gasteiger partial charge in [-0.2, -0.15) is 0 Å². The number of hydrogen-bond acceptors (Lipinski definition) is 6. The third-order valence-corrected chi connectivity index (χ3v) is 4.10. The smallest absolute Gasteiger partial charge is 0.315 e. The van der Waals surface area contributed by atoms with Gasteiger partial charge in [0.25, 0.3) is 0 Å². The van der Waals surface area contributed by atoms with E-state index in [0.717, 1.165) is 6.54 Å². The zero-order valence-corrected chi connectivity index (χ0v) is 14.6.